The van der Waals surface area contributed by atoms with E-state index >= 15 is 0 Å². The van der Waals surface area contributed by atoms with Crippen LogP contribution in [-0.4, -0.2) is 8.96 Å². The number of nitrogens with zero attached hydrogens (tertiary/aromatic N) is 2. The van der Waals surface area contributed by atoms with Crippen molar-refractivity contribution >= 4 is 38.9 Å². The molecule has 0 spiro atoms. The van der Waals surface area contributed by atoms with Crippen LogP contribution in [0.15, 0.2) is 82.3 Å². The first-order valence-corrected chi connectivity index (χ1v) is 10.4. The summed E-state index contributed by atoms with van der Waals surface area (Å²) in [6, 6.07) is 21.0. The van der Waals surface area contributed by atoms with Gasteiger partial charge in [-0.3, -0.25) is 3.97 Å². The van der Waals surface area contributed by atoms with E-state index in [0.29, 0.717) is 12.0 Å². The number of halogens is 2. The van der Waals surface area contributed by atoms with Crippen LogP contribution in [0.3, 0.4) is 0 Å². The molecule has 0 aliphatic rings. The first-order valence-electron chi connectivity index (χ1n) is 8.84. The Bertz CT molecular complexity index is 1030. The van der Waals surface area contributed by atoms with E-state index in [0.717, 1.165) is 26.1 Å². The number of fused-ring (bicyclic) bond motifs is 1. The smallest absolute Gasteiger partial charge is 0.151 e. The fourth-order valence-electron chi connectivity index (χ4n) is 2.74. The molecule has 0 saturated heterocycles. The minimum atomic E-state index is -0.184. The molecule has 0 aliphatic carbocycles. The highest BCUT2D eigenvalue weighted by atomic mass is 79.9. The summed E-state index contributed by atoms with van der Waals surface area (Å²) in [6.07, 6.45) is 2.29. The highest BCUT2D eigenvalue weighted by Gasteiger charge is 2.15. The fourth-order valence-corrected chi connectivity index (χ4v) is 4.11. The Kier molecular flexibility index (Phi) is 6.69. The molecule has 138 valence electrons. The second kappa shape index (κ2) is 9.20. The number of hydrogen-bond donors (Lipinski definition) is 0. The van der Waals surface area contributed by atoms with E-state index in [1.807, 2.05) is 50.2 Å². The third kappa shape index (κ3) is 4.42. The van der Waals surface area contributed by atoms with Gasteiger partial charge < -0.3 is 0 Å². The second-order valence-electron chi connectivity index (χ2n) is 5.63. The van der Waals surface area contributed by atoms with Gasteiger partial charge in [0.05, 0.1) is 0 Å². The summed E-state index contributed by atoms with van der Waals surface area (Å²) in [6.45, 7) is 4.00. The van der Waals surface area contributed by atoms with Gasteiger partial charge in [-0.1, -0.05) is 50.2 Å². The summed E-state index contributed by atoms with van der Waals surface area (Å²) < 4.78 is 17.2. The van der Waals surface area contributed by atoms with Gasteiger partial charge in [0.2, 0.25) is 0 Å². The molecule has 5 heteroatoms. The largest absolute Gasteiger partial charge is 0.267 e. The summed E-state index contributed by atoms with van der Waals surface area (Å²) in [7, 11) is 0. The van der Waals surface area contributed by atoms with E-state index in [9.17, 15) is 4.39 Å². The van der Waals surface area contributed by atoms with E-state index in [1.165, 1.54) is 6.07 Å². The maximum Gasteiger partial charge on any atom is 0.151 e. The van der Waals surface area contributed by atoms with Gasteiger partial charge in [0.15, 0.2) is 5.65 Å². The van der Waals surface area contributed by atoms with Gasteiger partial charge in [-0.15, -0.1) is 0 Å². The number of hydrogen-bond acceptors (Lipinski definition) is 2. The van der Waals surface area contributed by atoms with E-state index in [4.69, 9.17) is 0 Å². The standard InChI is InChI=1S/C20H14BrFN2S.C2H6/c21-18-10-11-23-20-17(18)13-15(12-14-6-4-5-9-19(14)22)24(20)25-16-7-2-1-3-8-16;1-2/h1-11,13H,12H2;1-2H3. The van der Waals surface area contributed by atoms with Crippen LogP contribution in [0.4, 0.5) is 4.39 Å². The molecule has 2 aromatic heterocycles. The summed E-state index contributed by atoms with van der Waals surface area (Å²) in [5, 5.41) is 1.03. The lowest BCUT2D eigenvalue weighted by molar-refractivity contribution is 0.613. The minimum absolute atomic E-state index is 0.184. The molecule has 0 atom stereocenters. The summed E-state index contributed by atoms with van der Waals surface area (Å²) >= 11 is 5.19. The van der Waals surface area contributed by atoms with E-state index < -0.39 is 0 Å². The highest BCUT2D eigenvalue weighted by molar-refractivity contribution is 9.10. The van der Waals surface area contributed by atoms with Crippen molar-refractivity contribution in [3.05, 3.63) is 94.5 Å². The van der Waals surface area contributed by atoms with Gasteiger partial charge in [-0.2, -0.15) is 0 Å². The van der Waals surface area contributed by atoms with Gasteiger partial charge in [-0.05, 0) is 63.8 Å². The van der Waals surface area contributed by atoms with Crippen LogP contribution < -0.4 is 0 Å². The molecule has 0 amide bonds. The molecule has 4 rings (SSSR count). The Labute approximate surface area is 171 Å². The Morgan fingerprint density at radius 2 is 1.70 bits per heavy atom. The lowest BCUT2D eigenvalue weighted by atomic mass is 10.1. The topological polar surface area (TPSA) is 17.8 Å². The molecule has 2 heterocycles. The predicted molar refractivity (Wildman–Crippen MR) is 116 cm³/mol. The molecule has 2 aromatic carbocycles. The van der Waals surface area contributed by atoms with E-state index in [1.54, 1.807) is 24.2 Å². The van der Waals surface area contributed by atoms with Crippen molar-refractivity contribution in [1.29, 1.82) is 0 Å². The average Bonchev–Trinajstić information content (AvgIpc) is 3.05. The lowest BCUT2D eigenvalue weighted by Gasteiger charge is -2.10. The number of aromatic nitrogens is 2. The Morgan fingerprint density at radius 3 is 2.44 bits per heavy atom. The molecule has 0 radical (unpaired) electrons. The normalized spacial score (nSPS) is 10.5. The molecule has 0 fully saturated rings. The van der Waals surface area contributed by atoms with E-state index in [2.05, 4.69) is 43.1 Å². The molecular weight excluding hydrogens is 423 g/mol. The van der Waals surface area contributed by atoms with Crippen LogP contribution in [0.25, 0.3) is 11.0 Å². The first-order chi connectivity index (χ1) is 13.2. The Hall–Kier alpha value is -2.11. The zero-order valence-corrected chi connectivity index (χ0v) is 17.6. The predicted octanol–water partition coefficient (Wildman–Crippen LogP) is 7.11. The zero-order chi connectivity index (χ0) is 19.2. The maximum absolute atomic E-state index is 14.1. The van der Waals surface area contributed by atoms with Crippen LogP contribution >= 0.6 is 27.9 Å². The number of benzene rings is 2. The minimum Gasteiger partial charge on any atom is -0.267 e. The van der Waals surface area contributed by atoms with Crippen LogP contribution in [0, 0.1) is 5.82 Å². The lowest BCUT2D eigenvalue weighted by Crippen LogP contribution is -1.99. The van der Waals surface area contributed by atoms with Crippen molar-refractivity contribution in [3.8, 4) is 0 Å². The molecular formula is C22H20BrFN2S. The molecule has 0 unspecified atom stereocenters. The second-order valence-corrected chi connectivity index (χ2v) is 7.51. The SMILES string of the molecule is CC.Fc1ccccc1Cc1cc2c(Br)ccnc2n1Sc1ccccc1. The fraction of sp³-hybridized carbons (Fsp3) is 0.136. The molecule has 2 nitrogen and oxygen atoms in total. The van der Waals surface area contributed by atoms with Gasteiger partial charge in [0.25, 0.3) is 0 Å². The van der Waals surface area contributed by atoms with Gasteiger partial charge in [0.1, 0.15) is 5.82 Å². The molecule has 4 aromatic rings. The van der Waals surface area contributed by atoms with Crippen LogP contribution in [0.2, 0.25) is 0 Å². The zero-order valence-electron chi connectivity index (χ0n) is 15.2. The summed E-state index contributed by atoms with van der Waals surface area (Å²) in [5.74, 6) is -0.184. The molecule has 0 aliphatic heterocycles. The summed E-state index contributed by atoms with van der Waals surface area (Å²) in [5.41, 5.74) is 2.55. The number of pyridine rings is 1. The van der Waals surface area contributed by atoms with Crippen molar-refractivity contribution in [3.63, 3.8) is 0 Å². The quantitative estimate of drug-likeness (QED) is 0.335. The third-order valence-electron chi connectivity index (χ3n) is 3.95. The Balaban J connectivity index is 0.00000102. The summed E-state index contributed by atoms with van der Waals surface area (Å²) in [4.78, 5) is 5.65. The average molecular weight is 443 g/mol. The Morgan fingerprint density at radius 1 is 1.00 bits per heavy atom. The molecule has 0 saturated carbocycles. The molecule has 0 bridgehead atoms. The molecule has 0 N–H and O–H groups in total. The van der Waals surface area contributed by atoms with Gasteiger partial charge in [0, 0.05) is 33.1 Å². The molecule has 27 heavy (non-hydrogen) atoms. The van der Waals surface area contributed by atoms with Crippen LogP contribution in [0.5, 0.6) is 0 Å². The third-order valence-corrected chi connectivity index (χ3v) is 5.71. The number of rotatable bonds is 4. The van der Waals surface area contributed by atoms with Crippen LogP contribution in [-0.2, 0) is 6.42 Å². The van der Waals surface area contributed by atoms with Gasteiger partial charge in [-0.25, -0.2) is 9.37 Å². The maximum atomic E-state index is 14.1. The van der Waals surface area contributed by atoms with Crippen molar-refractivity contribution in [2.75, 3.05) is 0 Å². The van der Waals surface area contributed by atoms with Crippen molar-refractivity contribution < 1.29 is 4.39 Å². The van der Waals surface area contributed by atoms with Crippen LogP contribution in [0.1, 0.15) is 25.1 Å². The highest BCUT2D eigenvalue weighted by Crippen LogP contribution is 2.33. The van der Waals surface area contributed by atoms with Crippen molar-refractivity contribution in [1.82, 2.24) is 8.96 Å². The van der Waals surface area contributed by atoms with Crippen molar-refractivity contribution in [2.45, 2.75) is 25.2 Å². The van der Waals surface area contributed by atoms with E-state index in [-0.39, 0.29) is 5.82 Å². The first kappa shape index (κ1) is 19.6. The van der Waals surface area contributed by atoms with Crippen molar-refractivity contribution in [2.24, 2.45) is 0 Å². The monoisotopic (exact) mass is 442 g/mol. The van der Waals surface area contributed by atoms with Gasteiger partial charge >= 0.3 is 0 Å².